The molecule has 0 saturated carbocycles. The number of nitrogens with two attached hydrogens (primary N) is 2. The standard InChI is InChI=1S/C17H17N3O4/c1-10-13(16(19)22)6-3-7-14(10)20-17(23)11-4-2-5-12(8-11)24-9-15(18)21/h2-8H,9H2,1H3,(H2,18,21)(H2,19,22)(H,20,23). The molecule has 0 aliphatic rings. The highest BCUT2D eigenvalue weighted by atomic mass is 16.5. The van der Waals surface area contributed by atoms with Gasteiger partial charge in [0, 0.05) is 16.8 Å². The van der Waals surface area contributed by atoms with Crippen LogP contribution < -0.4 is 21.5 Å². The monoisotopic (exact) mass is 327 g/mol. The zero-order valence-electron chi connectivity index (χ0n) is 13.0. The number of hydrogen-bond acceptors (Lipinski definition) is 4. The van der Waals surface area contributed by atoms with E-state index in [0.29, 0.717) is 28.1 Å². The summed E-state index contributed by atoms with van der Waals surface area (Å²) < 4.78 is 5.17. The minimum Gasteiger partial charge on any atom is -0.484 e. The molecule has 0 spiro atoms. The average molecular weight is 327 g/mol. The van der Waals surface area contributed by atoms with Gasteiger partial charge in [0.05, 0.1) is 0 Å². The molecule has 0 unspecified atom stereocenters. The van der Waals surface area contributed by atoms with Crippen LogP contribution in [-0.4, -0.2) is 24.3 Å². The number of carbonyl (C=O) groups is 3. The van der Waals surface area contributed by atoms with Gasteiger partial charge in [-0.2, -0.15) is 0 Å². The molecule has 0 bridgehead atoms. The third kappa shape index (κ3) is 4.10. The van der Waals surface area contributed by atoms with E-state index in [-0.39, 0.29) is 12.5 Å². The van der Waals surface area contributed by atoms with Crippen LogP contribution in [0.5, 0.6) is 5.75 Å². The number of benzene rings is 2. The molecule has 2 rings (SSSR count). The van der Waals surface area contributed by atoms with E-state index >= 15 is 0 Å². The summed E-state index contributed by atoms with van der Waals surface area (Å²) in [4.78, 5) is 34.5. The lowest BCUT2D eigenvalue weighted by Crippen LogP contribution is -2.20. The maximum absolute atomic E-state index is 12.4. The van der Waals surface area contributed by atoms with Crippen LogP contribution in [-0.2, 0) is 4.79 Å². The molecule has 0 heterocycles. The lowest BCUT2D eigenvalue weighted by atomic mass is 10.1. The molecule has 0 saturated heterocycles. The number of nitrogens with one attached hydrogen (secondary N) is 1. The van der Waals surface area contributed by atoms with E-state index < -0.39 is 11.8 Å². The minimum absolute atomic E-state index is 0.273. The van der Waals surface area contributed by atoms with Crippen molar-refractivity contribution in [2.75, 3.05) is 11.9 Å². The zero-order valence-corrected chi connectivity index (χ0v) is 13.0. The van der Waals surface area contributed by atoms with Crippen LogP contribution in [0.25, 0.3) is 0 Å². The van der Waals surface area contributed by atoms with Crippen LogP contribution in [0.3, 0.4) is 0 Å². The first kappa shape index (κ1) is 17.0. The molecule has 0 aliphatic heterocycles. The molecule has 0 fully saturated rings. The van der Waals surface area contributed by atoms with Crippen molar-refractivity contribution in [3.05, 3.63) is 59.2 Å². The predicted molar refractivity (Wildman–Crippen MR) is 88.8 cm³/mol. The molecule has 0 aromatic heterocycles. The Bertz CT molecular complexity index is 802. The quantitative estimate of drug-likeness (QED) is 0.737. The highest BCUT2D eigenvalue weighted by Gasteiger charge is 2.12. The second-order valence-electron chi connectivity index (χ2n) is 5.08. The van der Waals surface area contributed by atoms with Crippen molar-refractivity contribution < 1.29 is 19.1 Å². The van der Waals surface area contributed by atoms with Crippen molar-refractivity contribution in [2.45, 2.75) is 6.92 Å². The van der Waals surface area contributed by atoms with Gasteiger partial charge in [-0.15, -0.1) is 0 Å². The lowest BCUT2D eigenvalue weighted by molar-refractivity contribution is -0.119. The molecule has 0 atom stereocenters. The number of hydrogen-bond donors (Lipinski definition) is 3. The van der Waals surface area contributed by atoms with Crippen molar-refractivity contribution in [1.29, 1.82) is 0 Å². The maximum atomic E-state index is 12.4. The molecule has 0 radical (unpaired) electrons. The number of ether oxygens (including phenoxy) is 1. The van der Waals surface area contributed by atoms with Crippen LogP contribution in [0.2, 0.25) is 0 Å². The molecule has 0 aliphatic carbocycles. The van der Waals surface area contributed by atoms with Gasteiger partial charge in [0.1, 0.15) is 5.75 Å². The highest BCUT2D eigenvalue weighted by Crippen LogP contribution is 2.20. The molecule has 5 N–H and O–H groups in total. The van der Waals surface area contributed by atoms with Crippen molar-refractivity contribution in [2.24, 2.45) is 11.5 Å². The van der Waals surface area contributed by atoms with E-state index in [2.05, 4.69) is 5.32 Å². The smallest absolute Gasteiger partial charge is 0.255 e. The number of anilines is 1. The third-order valence-electron chi connectivity index (χ3n) is 3.32. The first-order valence-electron chi connectivity index (χ1n) is 7.10. The summed E-state index contributed by atoms with van der Waals surface area (Å²) in [5, 5.41) is 2.72. The van der Waals surface area contributed by atoms with E-state index in [9.17, 15) is 14.4 Å². The summed E-state index contributed by atoms with van der Waals surface area (Å²) in [5.41, 5.74) is 12.1. The summed E-state index contributed by atoms with van der Waals surface area (Å²) in [7, 11) is 0. The summed E-state index contributed by atoms with van der Waals surface area (Å²) in [6.07, 6.45) is 0. The Morgan fingerprint density at radius 3 is 2.46 bits per heavy atom. The molecule has 7 nitrogen and oxygen atoms in total. The van der Waals surface area contributed by atoms with Gasteiger partial charge in [0.2, 0.25) is 5.91 Å². The van der Waals surface area contributed by atoms with Gasteiger partial charge in [-0.05, 0) is 42.8 Å². The van der Waals surface area contributed by atoms with Crippen LogP contribution >= 0.6 is 0 Å². The van der Waals surface area contributed by atoms with Gasteiger partial charge < -0.3 is 21.5 Å². The van der Waals surface area contributed by atoms with Gasteiger partial charge in [-0.1, -0.05) is 12.1 Å². The molecule has 24 heavy (non-hydrogen) atoms. The molecular formula is C17H17N3O4. The van der Waals surface area contributed by atoms with Crippen molar-refractivity contribution in [1.82, 2.24) is 0 Å². The molecule has 124 valence electrons. The van der Waals surface area contributed by atoms with Gasteiger partial charge >= 0.3 is 0 Å². The predicted octanol–water partition coefficient (Wildman–Crippen LogP) is 1.21. The Balaban J connectivity index is 2.18. The molecule has 2 aromatic carbocycles. The number of carbonyl (C=O) groups excluding carboxylic acids is 3. The number of rotatable bonds is 6. The Hall–Kier alpha value is -3.35. The lowest BCUT2D eigenvalue weighted by Gasteiger charge is -2.11. The number of amides is 3. The normalized spacial score (nSPS) is 10.0. The van der Waals surface area contributed by atoms with Crippen LogP contribution in [0, 0.1) is 6.92 Å². The van der Waals surface area contributed by atoms with Crippen molar-refractivity contribution in [3.63, 3.8) is 0 Å². The third-order valence-corrected chi connectivity index (χ3v) is 3.32. The average Bonchev–Trinajstić information content (AvgIpc) is 2.54. The summed E-state index contributed by atoms with van der Waals surface area (Å²) >= 11 is 0. The second kappa shape index (κ2) is 7.28. The van der Waals surface area contributed by atoms with E-state index in [4.69, 9.17) is 16.2 Å². The Kier molecular flexibility index (Phi) is 5.16. The Morgan fingerprint density at radius 2 is 1.79 bits per heavy atom. The first-order valence-corrected chi connectivity index (χ1v) is 7.10. The van der Waals surface area contributed by atoms with Gasteiger partial charge in [0.15, 0.2) is 6.61 Å². The van der Waals surface area contributed by atoms with Crippen molar-refractivity contribution >= 4 is 23.4 Å². The first-order chi connectivity index (χ1) is 11.4. The second-order valence-corrected chi connectivity index (χ2v) is 5.08. The SMILES string of the molecule is Cc1c(NC(=O)c2cccc(OCC(N)=O)c2)cccc1C(N)=O. The summed E-state index contributed by atoms with van der Waals surface area (Å²) in [5.74, 6) is -1.21. The molecule has 3 amide bonds. The topological polar surface area (TPSA) is 125 Å². The fraction of sp³-hybridized carbons (Fsp3) is 0.118. The maximum Gasteiger partial charge on any atom is 0.255 e. The zero-order chi connectivity index (χ0) is 17.7. The molecule has 2 aromatic rings. The summed E-state index contributed by atoms with van der Waals surface area (Å²) in [6, 6.07) is 11.2. The summed E-state index contributed by atoms with van der Waals surface area (Å²) in [6.45, 7) is 1.42. The molecular weight excluding hydrogens is 310 g/mol. The van der Waals surface area contributed by atoms with Crippen molar-refractivity contribution in [3.8, 4) is 5.75 Å². The fourth-order valence-electron chi connectivity index (χ4n) is 2.11. The fourth-order valence-corrected chi connectivity index (χ4v) is 2.11. The van der Waals surface area contributed by atoms with E-state index in [1.807, 2.05) is 0 Å². The minimum atomic E-state index is -0.608. The largest absolute Gasteiger partial charge is 0.484 e. The van der Waals surface area contributed by atoms with Crippen LogP contribution in [0.4, 0.5) is 5.69 Å². The number of primary amides is 2. The van der Waals surface area contributed by atoms with E-state index in [1.54, 1.807) is 43.3 Å². The Labute approximate surface area is 138 Å². The van der Waals surface area contributed by atoms with Crippen LogP contribution in [0.15, 0.2) is 42.5 Å². The van der Waals surface area contributed by atoms with Gasteiger partial charge in [-0.25, -0.2) is 0 Å². The van der Waals surface area contributed by atoms with Crippen LogP contribution in [0.1, 0.15) is 26.3 Å². The van der Waals surface area contributed by atoms with Gasteiger partial charge in [-0.3, -0.25) is 14.4 Å². The van der Waals surface area contributed by atoms with E-state index in [0.717, 1.165) is 0 Å². The van der Waals surface area contributed by atoms with Gasteiger partial charge in [0.25, 0.3) is 11.8 Å². The highest BCUT2D eigenvalue weighted by molar-refractivity contribution is 6.06. The Morgan fingerprint density at radius 1 is 1.08 bits per heavy atom. The van der Waals surface area contributed by atoms with E-state index in [1.165, 1.54) is 6.07 Å². The molecule has 7 heteroatoms.